The molecule has 37 heavy (non-hydrogen) atoms. The highest BCUT2D eigenvalue weighted by Gasteiger charge is 2.14. The van der Waals surface area contributed by atoms with Gasteiger partial charge >= 0.3 is 0 Å². The van der Waals surface area contributed by atoms with E-state index in [1.54, 1.807) is 30.3 Å². The summed E-state index contributed by atoms with van der Waals surface area (Å²) < 4.78 is 20.0. The number of hydrogen-bond acceptors (Lipinski definition) is 6. The van der Waals surface area contributed by atoms with Crippen LogP contribution in [0.25, 0.3) is 44.6 Å². The van der Waals surface area contributed by atoms with E-state index in [9.17, 15) is 9.50 Å². The SMILES string of the molecule is Cc1nc2ccc(Oc3ccc(-c4nc5cc(F)ccc5nc4-c4ccc(O)cc4)cc3)cc2nc1C. The smallest absolute Gasteiger partial charge is 0.129 e. The summed E-state index contributed by atoms with van der Waals surface area (Å²) in [5.74, 6) is 1.08. The summed E-state index contributed by atoms with van der Waals surface area (Å²) in [6, 6.07) is 24.2. The van der Waals surface area contributed by atoms with Crippen molar-refractivity contribution >= 4 is 22.1 Å². The lowest BCUT2D eigenvalue weighted by Crippen LogP contribution is -1.96. The third-order valence-electron chi connectivity index (χ3n) is 6.18. The lowest BCUT2D eigenvalue weighted by atomic mass is 10.0. The van der Waals surface area contributed by atoms with E-state index in [1.807, 2.05) is 56.3 Å². The first-order valence-electron chi connectivity index (χ1n) is 11.7. The number of benzene rings is 4. The van der Waals surface area contributed by atoms with Gasteiger partial charge in [0.1, 0.15) is 23.1 Å². The van der Waals surface area contributed by atoms with Gasteiger partial charge < -0.3 is 9.84 Å². The predicted octanol–water partition coefficient (Wildman–Crippen LogP) is 7.16. The second-order valence-electron chi connectivity index (χ2n) is 8.77. The molecule has 0 aliphatic heterocycles. The van der Waals surface area contributed by atoms with E-state index < -0.39 is 0 Å². The summed E-state index contributed by atoms with van der Waals surface area (Å²) in [5, 5.41) is 9.73. The molecule has 6 rings (SSSR count). The second-order valence-corrected chi connectivity index (χ2v) is 8.77. The van der Waals surface area contributed by atoms with E-state index in [2.05, 4.69) is 9.97 Å². The van der Waals surface area contributed by atoms with Gasteiger partial charge in [0.25, 0.3) is 0 Å². The highest BCUT2D eigenvalue weighted by Crippen LogP contribution is 2.34. The molecule has 6 aromatic rings. The van der Waals surface area contributed by atoms with Crippen molar-refractivity contribution in [1.29, 1.82) is 0 Å². The Morgan fingerprint density at radius 2 is 1.08 bits per heavy atom. The molecule has 0 atom stereocenters. The third kappa shape index (κ3) is 4.43. The zero-order valence-electron chi connectivity index (χ0n) is 20.1. The van der Waals surface area contributed by atoms with E-state index in [-0.39, 0.29) is 11.6 Å². The molecule has 2 heterocycles. The topological polar surface area (TPSA) is 81.0 Å². The Hall–Kier alpha value is -4.91. The fraction of sp³-hybridized carbons (Fsp3) is 0.0667. The number of halogens is 1. The summed E-state index contributed by atoms with van der Waals surface area (Å²) in [6.45, 7) is 3.88. The van der Waals surface area contributed by atoms with Gasteiger partial charge in [0.05, 0.1) is 44.8 Å². The van der Waals surface area contributed by atoms with Crippen LogP contribution in [0.2, 0.25) is 0 Å². The van der Waals surface area contributed by atoms with Crippen LogP contribution < -0.4 is 4.74 Å². The molecule has 0 aliphatic carbocycles. The molecule has 1 N–H and O–H groups in total. The standard InChI is InChI=1S/C30H21FN4O2/c1-17-18(2)33-28-16-24(12-14-25(28)32-17)37-23-10-5-20(6-11-23)30-29(19-3-8-22(36)9-4-19)34-26-13-7-21(31)15-27(26)35-30/h3-16,36H,1-2H3. The van der Waals surface area contributed by atoms with Gasteiger partial charge in [-0.05, 0) is 86.6 Å². The fourth-order valence-corrected chi connectivity index (χ4v) is 4.14. The average molecular weight is 489 g/mol. The lowest BCUT2D eigenvalue weighted by molar-refractivity contribution is 0.475. The normalized spacial score (nSPS) is 11.2. The molecular weight excluding hydrogens is 467 g/mol. The minimum Gasteiger partial charge on any atom is -0.508 e. The monoisotopic (exact) mass is 488 g/mol. The molecule has 0 fully saturated rings. The number of phenolic OH excluding ortho intramolecular Hbond substituents is 1. The number of aromatic nitrogens is 4. The second kappa shape index (κ2) is 8.95. The molecule has 180 valence electrons. The highest BCUT2D eigenvalue weighted by molar-refractivity contribution is 5.86. The maximum Gasteiger partial charge on any atom is 0.129 e. The quantitative estimate of drug-likeness (QED) is 0.284. The average Bonchev–Trinajstić information content (AvgIpc) is 2.90. The molecule has 4 aromatic carbocycles. The first-order valence-corrected chi connectivity index (χ1v) is 11.7. The highest BCUT2D eigenvalue weighted by atomic mass is 19.1. The zero-order chi connectivity index (χ0) is 25.5. The van der Waals surface area contributed by atoms with Crippen molar-refractivity contribution in [3.63, 3.8) is 0 Å². The summed E-state index contributed by atoms with van der Waals surface area (Å²) in [7, 11) is 0. The van der Waals surface area contributed by atoms with Crippen molar-refractivity contribution in [2.75, 3.05) is 0 Å². The number of ether oxygens (including phenoxy) is 1. The number of rotatable bonds is 4. The van der Waals surface area contributed by atoms with Crippen molar-refractivity contribution in [2.24, 2.45) is 0 Å². The molecule has 0 unspecified atom stereocenters. The summed E-state index contributed by atoms with van der Waals surface area (Å²) in [4.78, 5) is 18.7. The molecule has 2 aromatic heterocycles. The van der Waals surface area contributed by atoms with Gasteiger partial charge in [0.15, 0.2) is 0 Å². The van der Waals surface area contributed by atoms with Gasteiger partial charge in [-0.3, -0.25) is 0 Å². The van der Waals surface area contributed by atoms with Gasteiger partial charge in [-0.1, -0.05) is 0 Å². The number of aromatic hydroxyl groups is 1. The Morgan fingerprint density at radius 1 is 0.568 bits per heavy atom. The van der Waals surface area contributed by atoms with Crippen LogP contribution in [0.1, 0.15) is 11.4 Å². The van der Waals surface area contributed by atoms with Crippen molar-refractivity contribution in [3.8, 4) is 39.8 Å². The summed E-state index contributed by atoms with van der Waals surface area (Å²) in [6.07, 6.45) is 0. The molecule has 0 aliphatic rings. The van der Waals surface area contributed by atoms with E-state index in [0.717, 1.165) is 33.5 Å². The van der Waals surface area contributed by atoms with E-state index in [0.29, 0.717) is 33.9 Å². The van der Waals surface area contributed by atoms with E-state index >= 15 is 0 Å². The van der Waals surface area contributed by atoms with E-state index in [4.69, 9.17) is 14.7 Å². The summed E-state index contributed by atoms with van der Waals surface area (Å²) >= 11 is 0. The van der Waals surface area contributed by atoms with Crippen LogP contribution in [0.4, 0.5) is 4.39 Å². The number of nitrogens with zero attached hydrogens (tertiary/aromatic N) is 4. The summed E-state index contributed by atoms with van der Waals surface area (Å²) in [5.41, 5.74) is 7.23. The minimum atomic E-state index is -0.376. The fourth-order valence-electron chi connectivity index (χ4n) is 4.14. The number of aryl methyl sites for hydroxylation is 2. The van der Waals surface area contributed by atoms with Crippen LogP contribution in [0.5, 0.6) is 17.2 Å². The van der Waals surface area contributed by atoms with Gasteiger partial charge in [0.2, 0.25) is 0 Å². The first kappa shape index (κ1) is 22.5. The van der Waals surface area contributed by atoms with Crippen molar-refractivity contribution in [2.45, 2.75) is 13.8 Å². The zero-order valence-corrected chi connectivity index (χ0v) is 20.1. The maximum absolute atomic E-state index is 13.9. The Morgan fingerprint density at radius 3 is 1.78 bits per heavy atom. The largest absolute Gasteiger partial charge is 0.508 e. The van der Waals surface area contributed by atoms with Crippen LogP contribution >= 0.6 is 0 Å². The molecular formula is C30H21FN4O2. The Balaban J connectivity index is 1.37. The Bertz CT molecular complexity index is 1790. The molecule has 0 amide bonds. The molecule has 7 heteroatoms. The number of fused-ring (bicyclic) bond motifs is 2. The van der Waals surface area contributed by atoms with Crippen LogP contribution in [-0.4, -0.2) is 25.0 Å². The molecule has 0 saturated heterocycles. The van der Waals surface area contributed by atoms with Gasteiger partial charge in [-0.25, -0.2) is 24.3 Å². The number of phenols is 1. The Kier molecular flexibility index (Phi) is 5.45. The maximum atomic E-state index is 13.9. The van der Waals surface area contributed by atoms with Crippen molar-refractivity contribution < 1.29 is 14.2 Å². The molecule has 0 bridgehead atoms. The molecule has 6 nitrogen and oxygen atoms in total. The minimum absolute atomic E-state index is 0.160. The molecule has 0 spiro atoms. The van der Waals surface area contributed by atoms with Crippen LogP contribution in [-0.2, 0) is 0 Å². The Labute approximate surface area is 212 Å². The lowest BCUT2D eigenvalue weighted by Gasteiger charge is -2.12. The van der Waals surface area contributed by atoms with Crippen LogP contribution in [0.15, 0.2) is 84.9 Å². The predicted molar refractivity (Wildman–Crippen MR) is 141 cm³/mol. The van der Waals surface area contributed by atoms with Gasteiger partial charge in [0, 0.05) is 23.3 Å². The van der Waals surface area contributed by atoms with Crippen molar-refractivity contribution in [1.82, 2.24) is 19.9 Å². The van der Waals surface area contributed by atoms with Crippen LogP contribution in [0, 0.1) is 19.7 Å². The number of hydrogen-bond donors (Lipinski definition) is 1. The van der Waals surface area contributed by atoms with Gasteiger partial charge in [-0.2, -0.15) is 0 Å². The first-order chi connectivity index (χ1) is 17.9. The van der Waals surface area contributed by atoms with Crippen molar-refractivity contribution in [3.05, 3.63) is 102 Å². The molecule has 0 radical (unpaired) electrons. The third-order valence-corrected chi connectivity index (χ3v) is 6.18. The van der Waals surface area contributed by atoms with Gasteiger partial charge in [-0.15, -0.1) is 0 Å². The van der Waals surface area contributed by atoms with Crippen LogP contribution in [0.3, 0.4) is 0 Å². The molecule has 0 saturated carbocycles. The van der Waals surface area contributed by atoms with E-state index in [1.165, 1.54) is 12.1 Å².